The third-order valence-electron chi connectivity index (χ3n) is 2.68. The number of rotatable bonds is 6. The number of hydrogen-bond acceptors (Lipinski definition) is 3. The van der Waals surface area contributed by atoms with Gasteiger partial charge in [-0.1, -0.05) is 6.92 Å². The minimum atomic E-state index is -0.290. The predicted molar refractivity (Wildman–Crippen MR) is 63.8 cm³/mol. The van der Waals surface area contributed by atoms with Crippen LogP contribution in [0.3, 0.4) is 0 Å². The molecule has 0 aliphatic carbocycles. The maximum atomic E-state index is 12.7. The monoisotopic (exact) mass is 225 g/mol. The highest BCUT2D eigenvalue weighted by Gasteiger charge is 2.06. The van der Waals surface area contributed by atoms with E-state index in [2.05, 4.69) is 29.2 Å². The van der Waals surface area contributed by atoms with Gasteiger partial charge < -0.3 is 10.2 Å². The third-order valence-corrected chi connectivity index (χ3v) is 2.68. The molecule has 0 spiro atoms. The minimum Gasteiger partial charge on any atom is -0.308 e. The quantitative estimate of drug-likeness (QED) is 0.800. The van der Waals surface area contributed by atoms with Crippen molar-refractivity contribution in [2.45, 2.75) is 19.9 Å². The molecule has 1 heterocycles. The molecular formula is C12H20FN3. The Hall–Kier alpha value is -1.00. The predicted octanol–water partition coefficient (Wildman–Crippen LogP) is 1.82. The van der Waals surface area contributed by atoms with E-state index < -0.39 is 0 Å². The minimum absolute atomic E-state index is 0.158. The van der Waals surface area contributed by atoms with Gasteiger partial charge in [0.1, 0.15) is 5.82 Å². The molecule has 0 amide bonds. The molecule has 1 rings (SSSR count). The summed E-state index contributed by atoms with van der Waals surface area (Å²) in [6.45, 7) is 7.12. The van der Waals surface area contributed by atoms with Crippen LogP contribution in [0.25, 0.3) is 0 Å². The molecular weight excluding hydrogens is 205 g/mol. The highest BCUT2D eigenvalue weighted by atomic mass is 19.1. The first kappa shape index (κ1) is 13.1. The van der Waals surface area contributed by atoms with Gasteiger partial charge >= 0.3 is 0 Å². The highest BCUT2D eigenvalue weighted by Crippen LogP contribution is 2.08. The average molecular weight is 225 g/mol. The summed E-state index contributed by atoms with van der Waals surface area (Å²) >= 11 is 0. The second kappa shape index (κ2) is 6.55. The van der Waals surface area contributed by atoms with E-state index in [-0.39, 0.29) is 11.9 Å². The van der Waals surface area contributed by atoms with Crippen LogP contribution in [0.5, 0.6) is 0 Å². The largest absolute Gasteiger partial charge is 0.308 e. The number of likely N-dealkylation sites (N-methyl/N-ethyl adjacent to an activating group) is 1. The Bertz CT molecular complexity index is 300. The number of nitrogens with zero attached hydrogens (tertiary/aromatic N) is 2. The zero-order chi connectivity index (χ0) is 12.0. The molecule has 0 fully saturated rings. The van der Waals surface area contributed by atoms with Crippen molar-refractivity contribution >= 4 is 0 Å². The summed E-state index contributed by atoms with van der Waals surface area (Å²) in [5.74, 6) is -0.290. The lowest BCUT2D eigenvalue weighted by Gasteiger charge is -2.17. The number of pyridine rings is 1. The normalized spacial score (nSPS) is 13.1. The molecule has 0 aliphatic rings. The van der Waals surface area contributed by atoms with Gasteiger partial charge in [0.15, 0.2) is 0 Å². The molecule has 0 aliphatic heterocycles. The van der Waals surface area contributed by atoms with E-state index in [1.54, 1.807) is 6.07 Å². The molecule has 1 aromatic heterocycles. The van der Waals surface area contributed by atoms with Gasteiger partial charge in [-0.15, -0.1) is 0 Å². The van der Waals surface area contributed by atoms with Crippen molar-refractivity contribution < 1.29 is 4.39 Å². The first-order valence-corrected chi connectivity index (χ1v) is 5.67. The van der Waals surface area contributed by atoms with Gasteiger partial charge in [0.2, 0.25) is 0 Å². The van der Waals surface area contributed by atoms with Gasteiger partial charge in [-0.05, 0) is 32.6 Å². The summed E-state index contributed by atoms with van der Waals surface area (Å²) in [7, 11) is 2.09. The number of nitrogens with one attached hydrogen (secondary N) is 1. The standard InChI is InChI=1S/C12H20FN3/c1-4-16(3)8-7-14-10(2)12-6-5-11(13)9-15-12/h5-6,9-10,14H,4,7-8H2,1-3H3. The second-order valence-electron chi connectivity index (χ2n) is 3.97. The Labute approximate surface area is 96.7 Å². The van der Waals surface area contributed by atoms with Gasteiger partial charge in [0, 0.05) is 19.1 Å². The molecule has 0 saturated heterocycles. The van der Waals surface area contributed by atoms with Crippen molar-refractivity contribution in [3.63, 3.8) is 0 Å². The van der Waals surface area contributed by atoms with E-state index in [0.29, 0.717) is 0 Å². The molecule has 1 unspecified atom stereocenters. The summed E-state index contributed by atoms with van der Waals surface area (Å²) in [5.41, 5.74) is 0.876. The Morgan fingerprint density at radius 3 is 2.81 bits per heavy atom. The molecule has 16 heavy (non-hydrogen) atoms. The van der Waals surface area contributed by atoms with E-state index >= 15 is 0 Å². The summed E-state index contributed by atoms with van der Waals surface area (Å²) in [4.78, 5) is 6.28. The Morgan fingerprint density at radius 2 is 2.25 bits per heavy atom. The van der Waals surface area contributed by atoms with Crippen LogP contribution in [0.2, 0.25) is 0 Å². The molecule has 1 atom stereocenters. The zero-order valence-electron chi connectivity index (χ0n) is 10.2. The van der Waals surface area contributed by atoms with Crippen LogP contribution >= 0.6 is 0 Å². The van der Waals surface area contributed by atoms with Crippen LogP contribution < -0.4 is 5.32 Å². The molecule has 1 N–H and O–H groups in total. The molecule has 0 bridgehead atoms. The van der Waals surface area contributed by atoms with E-state index in [9.17, 15) is 4.39 Å². The average Bonchev–Trinajstić information content (AvgIpc) is 2.29. The van der Waals surface area contributed by atoms with Crippen molar-refractivity contribution in [2.24, 2.45) is 0 Å². The Balaban J connectivity index is 2.35. The lowest BCUT2D eigenvalue weighted by atomic mass is 10.2. The summed E-state index contributed by atoms with van der Waals surface area (Å²) in [6, 6.07) is 3.32. The maximum Gasteiger partial charge on any atom is 0.141 e. The van der Waals surface area contributed by atoms with E-state index in [0.717, 1.165) is 25.3 Å². The molecule has 0 aromatic carbocycles. The van der Waals surface area contributed by atoms with Crippen LogP contribution in [0, 0.1) is 5.82 Å². The molecule has 4 heteroatoms. The van der Waals surface area contributed by atoms with Crippen LogP contribution in [0.1, 0.15) is 25.6 Å². The number of hydrogen-bond donors (Lipinski definition) is 1. The number of aromatic nitrogens is 1. The first-order chi connectivity index (χ1) is 7.63. The van der Waals surface area contributed by atoms with E-state index in [1.165, 1.54) is 12.3 Å². The third kappa shape index (κ3) is 4.24. The highest BCUT2D eigenvalue weighted by molar-refractivity contribution is 5.08. The lowest BCUT2D eigenvalue weighted by molar-refractivity contribution is 0.341. The van der Waals surface area contributed by atoms with Gasteiger partial charge in [0.25, 0.3) is 0 Å². The van der Waals surface area contributed by atoms with Crippen LogP contribution in [-0.4, -0.2) is 36.6 Å². The fraction of sp³-hybridized carbons (Fsp3) is 0.583. The van der Waals surface area contributed by atoms with Crippen molar-refractivity contribution in [1.82, 2.24) is 15.2 Å². The summed E-state index contributed by atoms with van der Waals surface area (Å²) in [5, 5.41) is 3.36. The zero-order valence-corrected chi connectivity index (χ0v) is 10.2. The maximum absolute atomic E-state index is 12.7. The van der Waals surface area contributed by atoms with Crippen molar-refractivity contribution in [1.29, 1.82) is 0 Å². The van der Waals surface area contributed by atoms with Crippen LogP contribution in [0.4, 0.5) is 4.39 Å². The lowest BCUT2D eigenvalue weighted by Crippen LogP contribution is -2.30. The fourth-order valence-corrected chi connectivity index (χ4v) is 1.38. The van der Waals surface area contributed by atoms with Crippen LogP contribution in [-0.2, 0) is 0 Å². The topological polar surface area (TPSA) is 28.2 Å². The molecule has 90 valence electrons. The summed E-state index contributed by atoms with van der Waals surface area (Å²) < 4.78 is 12.7. The SMILES string of the molecule is CCN(C)CCNC(C)c1ccc(F)cn1. The van der Waals surface area contributed by atoms with E-state index in [4.69, 9.17) is 0 Å². The van der Waals surface area contributed by atoms with Crippen LogP contribution in [0.15, 0.2) is 18.3 Å². The Kier molecular flexibility index (Phi) is 5.35. The molecule has 0 radical (unpaired) electrons. The molecule has 0 saturated carbocycles. The van der Waals surface area contributed by atoms with Gasteiger partial charge in [-0.25, -0.2) is 4.39 Å². The molecule has 3 nitrogen and oxygen atoms in total. The second-order valence-corrected chi connectivity index (χ2v) is 3.97. The number of halogens is 1. The fourth-order valence-electron chi connectivity index (χ4n) is 1.38. The van der Waals surface area contributed by atoms with Gasteiger partial charge in [-0.2, -0.15) is 0 Å². The van der Waals surface area contributed by atoms with Crippen molar-refractivity contribution in [2.75, 3.05) is 26.7 Å². The first-order valence-electron chi connectivity index (χ1n) is 5.67. The van der Waals surface area contributed by atoms with Gasteiger partial charge in [-0.3, -0.25) is 4.98 Å². The van der Waals surface area contributed by atoms with Crippen molar-refractivity contribution in [3.05, 3.63) is 29.8 Å². The van der Waals surface area contributed by atoms with Gasteiger partial charge in [0.05, 0.1) is 11.9 Å². The van der Waals surface area contributed by atoms with E-state index in [1.807, 2.05) is 6.92 Å². The molecule has 1 aromatic rings. The van der Waals surface area contributed by atoms with Crippen molar-refractivity contribution in [3.8, 4) is 0 Å². The Morgan fingerprint density at radius 1 is 1.50 bits per heavy atom. The smallest absolute Gasteiger partial charge is 0.141 e. The summed E-state index contributed by atoms with van der Waals surface area (Å²) in [6.07, 6.45) is 1.26.